The van der Waals surface area contributed by atoms with Crippen LogP contribution >= 0.6 is 0 Å². The molecule has 1 aliphatic heterocycles. The summed E-state index contributed by atoms with van der Waals surface area (Å²) in [6.45, 7) is 4.90. The van der Waals surface area contributed by atoms with E-state index in [-0.39, 0.29) is 6.54 Å². The van der Waals surface area contributed by atoms with Crippen LogP contribution in [0, 0.1) is 0 Å². The van der Waals surface area contributed by atoms with Crippen molar-refractivity contribution in [3.8, 4) is 11.5 Å². The lowest BCUT2D eigenvalue weighted by Gasteiger charge is -2.23. The van der Waals surface area contributed by atoms with Crippen LogP contribution in [0.4, 0.5) is 5.69 Å². The summed E-state index contributed by atoms with van der Waals surface area (Å²) in [5.41, 5.74) is 2.62. The summed E-state index contributed by atoms with van der Waals surface area (Å²) in [6.07, 6.45) is 0. The van der Waals surface area contributed by atoms with Gasteiger partial charge in [0.05, 0.1) is 27.4 Å². The van der Waals surface area contributed by atoms with Crippen LogP contribution in [0.15, 0.2) is 42.5 Å². The van der Waals surface area contributed by atoms with Crippen molar-refractivity contribution < 1.29 is 28.7 Å². The first-order chi connectivity index (χ1) is 14.6. The van der Waals surface area contributed by atoms with Crippen LogP contribution in [-0.2, 0) is 27.4 Å². The Bertz CT molecular complexity index is 864. The van der Waals surface area contributed by atoms with Gasteiger partial charge in [-0.15, -0.1) is 0 Å². The monoisotopic (exact) mass is 414 g/mol. The number of ether oxygens (including phenoxy) is 3. The minimum Gasteiger partial charge on any atom is -0.493 e. The molecule has 2 amide bonds. The van der Waals surface area contributed by atoms with Crippen molar-refractivity contribution in [2.45, 2.75) is 13.1 Å². The smallest absolute Gasteiger partial charge is 0.313 e. The topological polar surface area (TPSA) is 90.3 Å². The third-order valence-corrected chi connectivity index (χ3v) is 4.98. The van der Waals surface area contributed by atoms with Gasteiger partial charge in [-0.05, 0) is 17.7 Å². The first-order valence-corrected chi connectivity index (χ1v) is 9.89. The first-order valence-electron chi connectivity index (χ1n) is 9.89. The zero-order valence-electron chi connectivity index (χ0n) is 17.3. The number of nitrogens with one attached hydrogen (secondary N) is 3. The Morgan fingerprint density at radius 2 is 1.60 bits per heavy atom. The molecule has 8 heteroatoms. The van der Waals surface area contributed by atoms with E-state index in [1.807, 2.05) is 12.1 Å². The van der Waals surface area contributed by atoms with Crippen molar-refractivity contribution in [2.75, 3.05) is 45.8 Å². The molecule has 160 valence electrons. The lowest BCUT2D eigenvalue weighted by molar-refractivity contribution is -0.921. The number of carbonyl (C=O) groups is 2. The Kier molecular flexibility index (Phi) is 7.64. The molecule has 1 aliphatic rings. The van der Waals surface area contributed by atoms with E-state index in [1.165, 1.54) is 24.7 Å². The van der Waals surface area contributed by atoms with Gasteiger partial charge in [-0.3, -0.25) is 9.59 Å². The van der Waals surface area contributed by atoms with E-state index in [9.17, 15) is 9.59 Å². The van der Waals surface area contributed by atoms with Gasteiger partial charge in [-0.1, -0.05) is 24.3 Å². The highest BCUT2D eigenvalue weighted by atomic mass is 16.5. The maximum absolute atomic E-state index is 12.2. The van der Waals surface area contributed by atoms with E-state index >= 15 is 0 Å². The van der Waals surface area contributed by atoms with Crippen molar-refractivity contribution in [2.24, 2.45) is 0 Å². The average molecular weight is 414 g/mol. The molecule has 0 spiro atoms. The number of anilines is 1. The van der Waals surface area contributed by atoms with E-state index in [1.54, 1.807) is 18.2 Å². The lowest BCUT2D eigenvalue weighted by Crippen LogP contribution is -3.12. The van der Waals surface area contributed by atoms with Gasteiger partial charge in [0, 0.05) is 23.9 Å². The standard InChI is InChI=1S/C22H27N3O5/c1-28-19-8-7-18(13-20(19)29-2)24-22(27)21(26)23-14-16-3-5-17(6-4-16)15-25-9-11-30-12-10-25/h3-8,13H,9-12,14-15H2,1-2H3,(H,23,26)(H,24,27)/p+1. The maximum Gasteiger partial charge on any atom is 0.313 e. The minimum atomic E-state index is -0.741. The molecule has 3 N–H and O–H groups in total. The van der Waals surface area contributed by atoms with E-state index in [2.05, 4.69) is 22.8 Å². The molecule has 2 aromatic carbocycles. The summed E-state index contributed by atoms with van der Waals surface area (Å²) >= 11 is 0. The second-order valence-electron chi connectivity index (χ2n) is 7.06. The molecule has 1 heterocycles. The molecule has 3 rings (SSSR count). The second-order valence-corrected chi connectivity index (χ2v) is 7.06. The minimum absolute atomic E-state index is 0.281. The summed E-state index contributed by atoms with van der Waals surface area (Å²) in [6, 6.07) is 13.0. The number of amides is 2. The molecule has 0 bridgehead atoms. The summed E-state index contributed by atoms with van der Waals surface area (Å²) in [7, 11) is 3.03. The summed E-state index contributed by atoms with van der Waals surface area (Å²) in [4.78, 5) is 25.8. The Balaban J connectivity index is 1.48. The Morgan fingerprint density at radius 3 is 2.27 bits per heavy atom. The fourth-order valence-corrected chi connectivity index (χ4v) is 3.26. The molecule has 0 atom stereocenters. The van der Waals surface area contributed by atoms with Crippen LogP contribution in [0.2, 0.25) is 0 Å². The molecule has 30 heavy (non-hydrogen) atoms. The highest BCUT2D eigenvalue weighted by Crippen LogP contribution is 2.29. The van der Waals surface area contributed by atoms with Crippen molar-refractivity contribution in [3.63, 3.8) is 0 Å². The Labute approximate surface area is 176 Å². The van der Waals surface area contributed by atoms with Crippen LogP contribution in [0.3, 0.4) is 0 Å². The fourth-order valence-electron chi connectivity index (χ4n) is 3.26. The van der Waals surface area contributed by atoms with Crippen molar-refractivity contribution >= 4 is 17.5 Å². The van der Waals surface area contributed by atoms with Crippen molar-refractivity contribution in [1.29, 1.82) is 0 Å². The molecular formula is C22H28N3O5+. The molecule has 2 aromatic rings. The van der Waals surface area contributed by atoms with Gasteiger partial charge in [-0.2, -0.15) is 0 Å². The predicted molar refractivity (Wildman–Crippen MR) is 112 cm³/mol. The number of hydrogen-bond donors (Lipinski definition) is 3. The van der Waals surface area contributed by atoms with Crippen molar-refractivity contribution in [1.82, 2.24) is 5.32 Å². The van der Waals surface area contributed by atoms with E-state index in [0.29, 0.717) is 17.2 Å². The number of benzene rings is 2. The second kappa shape index (κ2) is 10.6. The maximum atomic E-state index is 12.2. The number of hydrogen-bond acceptors (Lipinski definition) is 5. The Morgan fingerprint density at radius 1 is 0.933 bits per heavy atom. The molecule has 0 radical (unpaired) electrons. The van der Waals surface area contributed by atoms with Gasteiger partial charge >= 0.3 is 11.8 Å². The molecule has 0 aromatic heterocycles. The summed E-state index contributed by atoms with van der Waals surface area (Å²) in [5.74, 6) is -0.435. The van der Waals surface area contributed by atoms with Crippen LogP contribution < -0.4 is 25.0 Å². The van der Waals surface area contributed by atoms with Gasteiger partial charge in [0.25, 0.3) is 0 Å². The summed E-state index contributed by atoms with van der Waals surface area (Å²) < 4.78 is 15.7. The van der Waals surface area contributed by atoms with Gasteiger partial charge in [0.2, 0.25) is 0 Å². The highest BCUT2D eigenvalue weighted by Gasteiger charge is 2.16. The van der Waals surface area contributed by atoms with E-state index in [0.717, 1.165) is 38.4 Å². The highest BCUT2D eigenvalue weighted by molar-refractivity contribution is 6.39. The Hall–Kier alpha value is -3.10. The van der Waals surface area contributed by atoms with Gasteiger partial charge in [0.1, 0.15) is 19.6 Å². The number of quaternary nitrogens is 1. The molecule has 0 saturated carbocycles. The molecule has 1 saturated heterocycles. The normalized spacial score (nSPS) is 14.1. The first kappa shape index (κ1) is 21.6. The molecule has 0 aliphatic carbocycles. The lowest BCUT2D eigenvalue weighted by atomic mass is 10.1. The number of carbonyl (C=O) groups excluding carboxylic acids is 2. The zero-order chi connectivity index (χ0) is 21.3. The number of morpholine rings is 1. The van der Waals surface area contributed by atoms with Crippen molar-refractivity contribution in [3.05, 3.63) is 53.6 Å². The third kappa shape index (κ3) is 5.95. The van der Waals surface area contributed by atoms with Crippen LogP contribution in [0.25, 0.3) is 0 Å². The number of rotatable bonds is 7. The quantitative estimate of drug-likeness (QED) is 0.570. The zero-order valence-corrected chi connectivity index (χ0v) is 17.3. The summed E-state index contributed by atoms with van der Waals surface area (Å²) in [5, 5.41) is 5.20. The van der Waals surface area contributed by atoms with Gasteiger partial charge in [0.15, 0.2) is 11.5 Å². The number of methoxy groups -OCH3 is 2. The largest absolute Gasteiger partial charge is 0.493 e. The SMILES string of the molecule is COc1ccc(NC(=O)C(=O)NCc2ccc(C[NH+]3CCOCC3)cc2)cc1OC. The van der Waals surface area contributed by atoms with E-state index < -0.39 is 11.8 Å². The van der Waals surface area contributed by atoms with Crippen LogP contribution in [0.5, 0.6) is 11.5 Å². The molecule has 1 fully saturated rings. The van der Waals surface area contributed by atoms with Gasteiger partial charge < -0.3 is 29.7 Å². The molecular weight excluding hydrogens is 386 g/mol. The van der Waals surface area contributed by atoms with Crippen LogP contribution in [0.1, 0.15) is 11.1 Å². The van der Waals surface area contributed by atoms with E-state index in [4.69, 9.17) is 14.2 Å². The fraction of sp³-hybridized carbons (Fsp3) is 0.364. The molecule has 0 unspecified atom stereocenters. The van der Waals surface area contributed by atoms with Gasteiger partial charge in [-0.25, -0.2) is 0 Å². The third-order valence-electron chi connectivity index (χ3n) is 4.98. The molecule has 8 nitrogen and oxygen atoms in total. The average Bonchev–Trinajstić information content (AvgIpc) is 2.79. The van der Waals surface area contributed by atoms with Crippen LogP contribution in [-0.4, -0.2) is 52.3 Å². The predicted octanol–water partition coefficient (Wildman–Crippen LogP) is 0.374.